The number of hydrogen-bond donors (Lipinski definition) is 1. The van der Waals surface area contributed by atoms with E-state index < -0.39 is 31.1 Å². The van der Waals surface area contributed by atoms with Gasteiger partial charge in [0.05, 0.1) is 4.90 Å². The maximum Gasteiger partial charge on any atom is 0.256 e. The van der Waals surface area contributed by atoms with Gasteiger partial charge >= 0.3 is 0 Å². The molecule has 1 amide bonds. The van der Waals surface area contributed by atoms with Crippen LogP contribution in [-0.4, -0.2) is 14.3 Å². The topological polar surface area (TPSA) is 63.2 Å². The van der Waals surface area contributed by atoms with Crippen molar-refractivity contribution >= 4 is 38.9 Å². The van der Waals surface area contributed by atoms with Crippen LogP contribution in [0.4, 0.5) is 4.39 Å². The molecule has 4 nitrogen and oxygen atoms in total. The first kappa shape index (κ1) is 17.5. The summed E-state index contributed by atoms with van der Waals surface area (Å²) in [6.45, 7) is 0. The molecule has 0 fully saturated rings. The predicted molar refractivity (Wildman–Crippen MR) is 86.2 cm³/mol. The molecule has 2 rings (SSSR count). The van der Waals surface area contributed by atoms with Crippen molar-refractivity contribution in [1.82, 2.24) is 5.32 Å². The second-order valence-corrected chi connectivity index (χ2v) is 7.20. The Morgan fingerprint density at radius 2 is 1.52 bits per heavy atom. The van der Waals surface area contributed by atoms with Gasteiger partial charge in [0.1, 0.15) is 10.3 Å². The maximum atomic E-state index is 12.9. The number of benzene rings is 2. The van der Waals surface area contributed by atoms with Crippen LogP contribution < -0.4 is 5.32 Å². The summed E-state index contributed by atoms with van der Waals surface area (Å²) in [7, 11) is -4.20. The van der Waals surface area contributed by atoms with Gasteiger partial charge in [-0.3, -0.25) is 4.79 Å². The predicted octanol–water partition coefficient (Wildman–Crippen LogP) is 3.63. The summed E-state index contributed by atoms with van der Waals surface area (Å²) >= 11 is 11.2. The minimum atomic E-state index is -4.20. The standard InChI is InChI=1S/C15H10Cl2FNO3S/c16-13(17)15(19-14(20)10-4-2-1-3-5-10)23(21,22)12-8-6-11(18)7-9-12/h1-9H,(H,19,20). The summed E-state index contributed by atoms with van der Waals surface area (Å²) in [5.41, 5.74) is 0.230. The molecule has 0 bridgehead atoms. The lowest BCUT2D eigenvalue weighted by molar-refractivity contribution is 0.0968. The number of rotatable bonds is 4. The molecule has 1 N–H and O–H groups in total. The molecule has 0 saturated carbocycles. The fraction of sp³-hybridized carbons (Fsp3) is 0. The third kappa shape index (κ3) is 4.10. The molecule has 0 aliphatic carbocycles. The molecule has 0 aliphatic heterocycles. The van der Waals surface area contributed by atoms with Gasteiger partial charge < -0.3 is 5.32 Å². The highest BCUT2D eigenvalue weighted by Crippen LogP contribution is 2.24. The molecule has 0 saturated heterocycles. The first-order valence-corrected chi connectivity index (χ1v) is 8.48. The van der Waals surface area contributed by atoms with E-state index in [-0.39, 0.29) is 10.5 Å². The molecule has 0 spiro atoms. The van der Waals surface area contributed by atoms with Crippen molar-refractivity contribution in [3.8, 4) is 0 Å². The van der Waals surface area contributed by atoms with Crippen LogP contribution in [0.1, 0.15) is 10.4 Å². The highest BCUT2D eigenvalue weighted by atomic mass is 35.5. The van der Waals surface area contributed by atoms with Crippen LogP contribution >= 0.6 is 23.2 Å². The van der Waals surface area contributed by atoms with E-state index in [1.54, 1.807) is 18.2 Å². The molecule has 0 unspecified atom stereocenters. The fourth-order valence-electron chi connectivity index (χ4n) is 1.71. The van der Waals surface area contributed by atoms with Gasteiger partial charge in [-0.25, -0.2) is 12.8 Å². The van der Waals surface area contributed by atoms with Crippen LogP contribution in [-0.2, 0) is 9.84 Å². The molecule has 0 atom stereocenters. The zero-order chi connectivity index (χ0) is 17.0. The monoisotopic (exact) mass is 373 g/mol. The second kappa shape index (κ2) is 7.12. The summed E-state index contributed by atoms with van der Waals surface area (Å²) in [4.78, 5) is 11.9. The zero-order valence-corrected chi connectivity index (χ0v) is 13.8. The van der Waals surface area contributed by atoms with Gasteiger partial charge in [0.15, 0.2) is 5.03 Å². The van der Waals surface area contributed by atoms with Gasteiger partial charge in [-0.05, 0) is 36.4 Å². The third-order valence-electron chi connectivity index (χ3n) is 2.83. The Hall–Kier alpha value is -1.89. The third-order valence-corrected chi connectivity index (χ3v) is 5.17. The van der Waals surface area contributed by atoms with Gasteiger partial charge in [-0.1, -0.05) is 41.4 Å². The van der Waals surface area contributed by atoms with Crippen LogP contribution in [0.3, 0.4) is 0 Å². The van der Waals surface area contributed by atoms with E-state index in [1.165, 1.54) is 12.1 Å². The van der Waals surface area contributed by atoms with E-state index in [0.29, 0.717) is 0 Å². The average Bonchev–Trinajstić information content (AvgIpc) is 2.53. The summed E-state index contributed by atoms with van der Waals surface area (Å²) < 4.78 is 37.3. The summed E-state index contributed by atoms with van der Waals surface area (Å²) in [6, 6.07) is 12.0. The van der Waals surface area contributed by atoms with E-state index >= 15 is 0 Å². The van der Waals surface area contributed by atoms with Crippen molar-refractivity contribution in [2.24, 2.45) is 0 Å². The number of sulfone groups is 1. The normalized spacial score (nSPS) is 10.9. The first-order valence-electron chi connectivity index (χ1n) is 6.24. The minimum Gasteiger partial charge on any atom is -0.310 e. The largest absolute Gasteiger partial charge is 0.310 e. The lowest BCUT2D eigenvalue weighted by atomic mass is 10.2. The molecule has 0 aromatic heterocycles. The number of carbonyl (C=O) groups excluding carboxylic acids is 1. The summed E-state index contributed by atoms with van der Waals surface area (Å²) in [5.74, 6) is -1.29. The number of halogens is 3. The van der Waals surface area contributed by atoms with Crippen molar-refractivity contribution in [2.45, 2.75) is 4.90 Å². The molecule has 0 radical (unpaired) electrons. The van der Waals surface area contributed by atoms with Crippen molar-refractivity contribution < 1.29 is 17.6 Å². The van der Waals surface area contributed by atoms with Crippen LogP contribution in [0.5, 0.6) is 0 Å². The Bertz CT molecular complexity index is 846. The Morgan fingerprint density at radius 1 is 0.957 bits per heavy atom. The highest BCUT2D eigenvalue weighted by Gasteiger charge is 2.26. The van der Waals surface area contributed by atoms with Crippen LogP contribution in [0, 0.1) is 5.82 Å². The van der Waals surface area contributed by atoms with Crippen molar-refractivity contribution in [3.63, 3.8) is 0 Å². The van der Waals surface area contributed by atoms with Gasteiger partial charge in [0.2, 0.25) is 9.84 Å². The van der Waals surface area contributed by atoms with E-state index in [9.17, 15) is 17.6 Å². The summed E-state index contributed by atoms with van der Waals surface area (Å²) in [6.07, 6.45) is 0. The average molecular weight is 374 g/mol. The fourth-order valence-corrected chi connectivity index (χ4v) is 3.58. The molecule has 8 heteroatoms. The molecule has 120 valence electrons. The maximum absolute atomic E-state index is 12.9. The number of nitrogens with one attached hydrogen (secondary N) is 1. The van der Waals surface area contributed by atoms with Gasteiger partial charge in [0, 0.05) is 5.56 Å². The lowest BCUT2D eigenvalue weighted by Gasteiger charge is -2.11. The van der Waals surface area contributed by atoms with Crippen molar-refractivity contribution in [2.75, 3.05) is 0 Å². The number of carbonyl (C=O) groups is 1. The zero-order valence-electron chi connectivity index (χ0n) is 11.5. The molecule has 2 aromatic rings. The van der Waals surface area contributed by atoms with Crippen molar-refractivity contribution in [1.29, 1.82) is 0 Å². The van der Waals surface area contributed by atoms with Crippen LogP contribution in [0.15, 0.2) is 69.0 Å². The van der Waals surface area contributed by atoms with Crippen molar-refractivity contribution in [3.05, 3.63) is 75.5 Å². The molecule has 2 aromatic carbocycles. The van der Waals surface area contributed by atoms with Gasteiger partial charge in [0.25, 0.3) is 5.91 Å². The second-order valence-electron chi connectivity index (χ2n) is 4.37. The molecule has 23 heavy (non-hydrogen) atoms. The van der Waals surface area contributed by atoms with Crippen LogP contribution in [0.2, 0.25) is 0 Å². The summed E-state index contributed by atoms with van der Waals surface area (Å²) in [5, 5.41) is 1.52. The Labute approximate surface area is 142 Å². The first-order chi connectivity index (χ1) is 10.8. The highest BCUT2D eigenvalue weighted by molar-refractivity contribution is 7.95. The molecular formula is C15H10Cl2FNO3S. The molecule has 0 aliphatic rings. The van der Waals surface area contributed by atoms with E-state index in [2.05, 4.69) is 5.32 Å². The Morgan fingerprint density at radius 3 is 2.04 bits per heavy atom. The lowest BCUT2D eigenvalue weighted by Crippen LogP contribution is -2.28. The van der Waals surface area contributed by atoms with E-state index in [0.717, 1.165) is 24.3 Å². The SMILES string of the molecule is O=C(NC(=C(Cl)Cl)S(=O)(=O)c1ccc(F)cc1)c1ccccc1. The molecule has 0 heterocycles. The Kier molecular flexibility index (Phi) is 5.41. The quantitative estimate of drug-likeness (QED) is 0.832. The number of hydrogen-bond acceptors (Lipinski definition) is 3. The number of amides is 1. The smallest absolute Gasteiger partial charge is 0.256 e. The van der Waals surface area contributed by atoms with E-state index in [1.807, 2.05) is 0 Å². The Balaban J connectivity index is 2.38. The van der Waals surface area contributed by atoms with Gasteiger partial charge in [-0.2, -0.15) is 0 Å². The minimum absolute atomic E-state index is 0.230. The van der Waals surface area contributed by atoms with Gasteiger partial charge in [-0.15, -0.1) is 0 Å². The molecular weight excluding hydrogens is 364 g/mol. The van der Waals surface area contributed by atoms with E-state index in [4.69, 9.17) is 23.2 Å². The van der Waals surface area contributed by atoms with Crippen LogP contribution in [0.25, 0.3) is 0 Å².